The third-order valence-electron chi connectivity index (χ3n) is 5.05. The van der Waals surface area contributed by atoms with E-state index < -0.39 is 35.8 Å². The van der Waals surface area contributed by atoms with Crippen LogP contribution in [0, 0.1) is 6.92 Å². The molecule has 0 aliphatic carbocycles. The van der Waals surface area contributed by atoms with Gasteiger partial charge >= 0.3 is 6.03 Å². The molecule has 3 N–H and O–H groups in total. The van der Waals surface area contributed by atoms with Gasteiger partial charge in [0.25, 0.3) is 5.91 Å². The van der Waals surface area contributed by atoms with E-state index in [2.05, 4.69) is 16.0 Å². The highest BCUT2D eigenvalue weighted by Gasteiger charge is 2.49. The second-order valence-electron chi connectivity index (χ2n) is 7.49. The van der Waals surface area contributed by atoms with E-state index in [0.717, 1.165) is 10.5 Å². The molecule has 1 aliphatic rings. The van der Waals surface area contributed by atoms with E-state index in [4.69, 9.17) is 16.3 Å². The number of carbonyl (C=O) groups excluding carboxylic acids is 4. The van der Waals surface area contributed by atoms with E-state index in [1.54, 1.807) is 43.3 Å². The summed E-state index contributed by atoms with van der Waals surface area (Å²) in [7, 11) is 1.48. The Bertz CT molecular complexity index is 1090. The number of methoxy groups -OCH3 is 1. The summed E-state index contributed by atoms with van der Waals surface area (Å²) in [6.07, 6.45) is 0. The normalized spacial score (nSPS) is 17.7. The highest BCUT2D eigenvalue weighted by Crippen LogP contribution is 2.30. The van der Waals surface area contributed by atoms with Crippen molar-refractivity contribution in [3.05, 3.63) is 58.6 Å². The van der Waals surface area contributed by atoms with Gasteiger partial charge in [-0.3, -0.25) is 19.3 Å². The minimum absolute atomic E-state index is 0.342. The van der Waals surface area contributed by atoms with Crippen LogP contribution in [0.3, 0.4) is 0 Å². The van der Waals surface area contributed by atoms with E-state index >= 15 is 0 Å². The zero-order valence-electron chi connectivity index (χ0n) is 17.8. The third kappa shape index (κ3) is 4.83. The lowest BCUT2D eigenvalue weighted by atomic mass is 9.92. The number of benzene rings is 2. The summed E-state index contributed by atoms with van der Waals surface area (Å²) >= 11 is 6.00. The molecular formula is C22H23ClN4O5. The van der Waals surface area contributed by atoms with Crippen LogP contribution in [-0.2, 0) is 19.9 Å². The number of hydrogen-bond donors (Lipinski definition) is 3. The lowest BCUT2D eigenvalue weighted by Gasteiger charge is -2.22. The molecule has 0 saturated carbocycles. The van der Waals surface area contributed by atoms with Crippen molar-refractivity contribution in [2.24, 2.45) is 0 Å². The number of imide groups is 1. The van der Waals surface area contributed by atoms with Crippen LogP contribution < -0.4 is 20.7 Å². The van der Waals surface area contributed by atoms with Gasteiger partial charge in [0, 0.05) is 5.02 Å². The molecule has 0 radical (unpaired) electrons. The van der Waals surface area contributed by atoms with Crippen molar-refractivity contribution in [2.45, 2.75) is 19.4 Å². The topological polar surface area (TPSA) is 117 Å². The van der Waals surface area contributed by atoms with E-state index in [1.165, 1.54) is 7.11 Å². The van der Waals surface area contributed by atoms with Crippen molar-refractivity contribution in [2.75, 3.05) is 25.5 Å². The Balaban J connectivity index is 1.59. The standard InChI is InChI=1S/C22H23ClN4O5/c1-13-7-8-17(32-3)16(9-13)25-18(28)11-24-19(29)12-27-20(30)22(2,26-21(27)31)14-5-4-6-15(23)10-14/h4-10H,11-12H2,1-3H3,(H,24,29)(H,25,28)(H,26,31). The number of nitrogens with one attached hydrogen (secondary N) is 3. The van der Waals surface area contributed by atoms with Crippen LogP contribution in [0.2, 0.25) is 5.02 Å². The monoisotopic (exact) mass is 458 g/mol. The predicted molar refractivity (Wildman–Crippen MR) is 118 cm³/mol. The average Bonchev–Trinajstić information content (AvgIpc) is 2.96. The van der Waals surface area contributed by atoms with Gasteiger partial charge < -0.3 is 20.7 Å². The fraction of sp³-hybridized carbons (Fsp3) is 0.273. The van der Waals surface area contributed by atoms with E-state index in [1.807, 2.05) is 13.0 Å². The maximum Gasteiger partial charge on any atom is 0.325 e. The number of ether oxygens (including phenoxy) is 1. The highest BCUT2D eigenvalue weighted by molar-refractivity contribution is 6.30. The number of hydrogen-bond acceptors (Lipinski definition) is 5. The van der Waals surface area contributed by atoms with Crippen LogP contribution in [0.4, 0.5) is 10.5 Å². The van der Waals surface area contributed by atoms with Gasteiger partial charge in [-0.25, -0.2) is 4.79 Å². The first-order valence-corrected chi connectivity index (χ1v) is 10.1. The summed E-state index contributed by atoms with van der Waals surface area (Å²) in [6, 6.07) is 11.1. The van der Waals surface area contributed by atoms with Gasteiger partial charge in [0.15, 0.2) is 0 Å². The molecule has 1 aliphatic heterocycles. The smallest absolute Gasteiger partial charge is 0.325 e. The highest BCUT2D eigenvalue weighted by atomic mass is 35.5. The summed E-state index contributed by atoms with van der Waals surface area (Å²) in [4.78, 5) is 50.6. The molecule has 32 heavy (non-hydrogen) atoms. The number of rotatable bonds is 7. The molecule has 1 fully saturated rings. The Morgan fingerprint density at radius 1 is 1.16 bits per heavy atom. The number of halogens is 1. The van der Waals surface area contributed by atoms with Crippen molar-refractivity contribution in [1.82, 2.24) is 15.5 Å². The van der Waals surface area contributed by atoms with Crippen LogP contribution in [0.1, 0.15) is 18.1 Å². The molecule has 2 aromatic carbocycles. The Morgan fingerprint density at radius 3 is 2.59 bits per heavy atom. The first-order chi connectivity index (χ1) is 15.1. The molecule has 1 unspecified atom stereocenters. The van der Waals surface area contributed by atoms with Crippen molar-refractivity contribution >= 4 is 41.0 Å². The lowest BCUT2D eigenvalue weighted by Crippen LogP contribution is -2.44. The number of amides is 5. The maximum absolute atomic E-state index is 12.9. The molecular weight excluding hydrogens is 436 g/mol. The minimum atomic E-state index is -1.35. The molecule has 2 aromatic rings. The van der Waals surface area contributed by atoms with Crippen molar-refractivity contribution < 1.29 is 23.9 Å². The molecule has 1 atom stereocenters. The van der Waals surface area contributed by atoms with Gasteiger partial charge in [-0.05, 0) is 49.2 Å². The van der Waals surface area contributed by atoms with Crippen molar-refractivity contribution in [3.63, 3.8) is 0 Å². The molecule has 0 bridgehead atoms. The molecule has 0 spiro atoms. The average molecular weight is 459 g/mol. The van der Waals surface area contributed by atoms with Crippen LogP contribution in [0.25, 0.3) is 0 Å². The number of carbonyl (C=O) groups is 4. The van der Waals surface area contributed by atoms with Gasteiger partial charge in [0.05, 0.1) is 19.3 Å². The summed E-state index contributed by atoms with van der Waals surface area (Å²) < 4.78 is 5.20. The Labute approximate surface area is 190 Å². The van der Waals surface area contributed by atoms with Gasteiger partial charge in [0.1, 0.15) is 17.8 Å². The quantitative estimate of drug-likeness (QED) is 0.550. The number of anilines is 1. The van der Waals surface area contributed by atoms with E-state index in [9.17, 15) is 19.2 Å². The van der Waals surface area contributed by atoms with Crippen LogP contribution >= 0.6 is 11.6 Å². The van der Waals surface area contributed by atoms with Gasteiger partial charge in [-0.2, -0.15) is 0 Å². The molecule has 9 nitrogen and oxygen atoms in total. The third-order valence-corrected chi connectivity index (χ3v) is 5.29. The molecule has 168 valence electrons. The fourth-order valence-corrected chi connectivity index (χ4v) is 3.52. The molecule has 1 heterocycles. The fourth-order valence-electron chi connectivity index (χ4n) is 3.33. The molecule has 0 aromatic heterocycles. The molecule has 5 amide bonds. The second-order valence-corrected chi connectivity index (χ2v) is 7.92. The Hall–Kier alpha value is -3.59. The van der Waals surface area contributed by atoms with Crippen LogP contribution in [0.5, 0.6) is 5.75 Å². The number of aryl methyl sites for hydroxylation is 1. The molecule has 10 heteroatoms. The van der Waals surface area contributed by atoms with Crippen molar-refractivity contribution in [3.8, 4) is 5.75 Å². The first kappa shape index (κ1) is 23.1. The van der Waals surface area contributed by atoms with Crippen LogP contribution in [0.15, 0.2) is 42.5 Å². The largest absolute Gasteiger partial charge is 0.495 e. The predicted octanol–water partition coefficient (Wildman–Crippen LogP) is 2.18. The van der Waals surface area contributed by atoms with Crippen molar-refractivity contribution in [1.29, 1.82) is 0 Å². The van der Waals surface area contributed by atoms with E-state index in [-0.39, 0.29) is 6.54 Å². The second kappa shape index (κ2) is 9.27. The Morgan fingerprint density at radius 2 is 1.91 bits per heavy atom. The van der Waals surface area contributed by atoms with Crippen LogP contribution in [-0.4, -0.2) is 48.9 Å². The summed E-state index contributed by atoms with van der Waals surface area (Å²) in [5.41, 5.74) is 0.545. The SMILES string of the molecule is COc1ccc(C)cc1NC(=O)CNC(=O)CN1C(=O)NC(C)(c2cccc(Cl)c2)C1=O. The minimum Gasteiger partial charge on any atom is -0.495 e. The maximum atomic E-state index is 12.9. The summed E-state index contributed by atoms with van der Waals surface area (Å²) in [6.45, 7) is 2.54. The van der Waals surface area contributed by atoms with Gasteiger partial charge in [0.2, 0.25) is 11.8 Å². The zero-order chi connectivity index (χ0) is 23.5. The van der Waals surface area contributed by atoms with Gasteiger partial charge in [-0.15, -0.1) is 0 Å². The van der Waals surface area contributed by atoms with E-state index in [0.29, 0.717) is 22.0 Å². The molecule has 3 rings (SSSR count). The number of nitrogens with zero attached hydrogens (tertiary/aromatic N) is 1. The Kier molecular flexibility index (Phi) is 6.69. The summed E-state index contributed by atoms with van der Waals surface area (Å²) in [5, 5.41) is 8.09. The zero-order valence-corrected chi connectivity index (χ0v) is 18.6. The van der Waals surface area contributed by atoms with Gasteiger partial charge in [-0.1, -0.05) is 29.8 Å². The number of urea groups is 1. The molecule has 1 saturated heterocycles. The first-order valence-electron chi connectivity index (χ1n) is 9.75. The lowest BCUT2D eigenvalue weighted by molar-refractivity contribution is -0.135. The summed E-state index contributed by atoms with van der Waals surface area (Å²) in [5.74, 6) is -1.25.